The van der Waals surface area contributed by atoms with E-state index in [-0.39, 0.29) is 6.10 Å². The number of rotatable bonds is 5. The van der Waals surface area contributed by atoms with Crippen LogP contribution in [-0.4, -0.2) is 15.7 Å². The van der Waals surface area contributed by atoms with Crippen LogP contribution in [0.5, 0.6) is 5.75 Å². The monoisotopic (exact) mass is 709 g/mol. The van der Waals surface area contributed by atoms with E-state index in [0.717, 1.165) is 89.3 Å². The average molecular weight is 710 g/mol. The molecule has 0 saturated heterocycles. The van der Waals surface area contributed by atoms with Crippen LogP contribution in [0.15, 0.2) is 184 Å². The first-order valence-corrected chi connectivity index (χ1v) is 18.6. The molecule has 1 aliphatic heterocycles. The molecule has 3 aromatic heterocycles. The van der Waals surface area contributed by atoms with Crippen molar-refractivity contribution in [2.75, 3.05) is 4.90 Å². The van der Waals surface area contributed by atoms with Gasteiger partial charge in [0.25, 0.3) is 0 Å². The normalized spacial score (nSPS) is 15.0. The van der Waals surface area contributed by atoms with Gasteiger partial charge in [0.05, 0.1) is 22.3 Å². The quantitative estimate of drug-likeness (QED) is 0.178. The van der Waals surface area contributed by atoms with Crippen LogP contribution < -0.4 is 9.64 Å². The standard InChI is InChI=1S/C49H31N3O3/c1-3-12-30(13-4-1)49-50-39-25-27-44-46(48(39)55-49)38-28-32(23-26-43(38)53-44)51(33-22-24-36-35-17-8-10-21-42(35)54-45(36)29-33)41-20-11-18-37-34-16-7-9-19-40(34)52(47(37)41)31-14-5-2-6-15-31/h1-25,27-29,43H,26H2. The summed E-state index contributed by atoms with van der Waals surface area (Å²) in [5, 5.41) is 4.58. The minimum absolute atomic E-state index is 0.138. The molecule has 0 amide bonds. The van der Waals surface area contributed by atoms with Gasteiger partial charge >= 0.3 is 0 Å². The van der Waals surface area contributed by atoms with E-state index in [1.165, 1.54) is 10.8 Å². The molecule has 1 aliphatic carbocycles. The summed E-state index contributed by atoms with van der Waals surface area (Å²) in [6.45, 7) is 0. The van der Waals surface area contributed by atoms with Gasteiger partial charge in [-0.2, -0.15) is 0 Å². The van der Waals surface area contributed by atoms with Gasteiger partial charge in [0.1, 0.15) is 28.5 Å². The SMILES string of the molecule is C1=C2c3c(ccc4nc(-c5ccccc5)oc34)OC2CC=C1N(c1ccc2c(c1)oc1ccccc12)c1cccc2c3ccccc3n(-c3ccccc3)c12. The molecule has 10 aromatic rings. The van der Waals surface area contributed by atoms with Crippen molar-refractivity contribution < 1.29 is 13.6 Å². The zero-order valence-corrected chi connectivity index (χ0v) is 29.5. The summed E-state index contributed by atoms with van der Waals surface area (Å²) in [6.07, 6.45) is 5.13. The number of benzene rings is 7. The smallest absolute Gasteiger partial charge is 0.227 e. The van der Waals surface area contributed by atoms with Gasteiger partial charge in [-0.05, 0) is 72.8 Å². The molecule has 4 heterocycles. The fourth-order valence-electron chi connectivity index (χ4n) is 8.68. The highest BCUT2D eigenvalue weighted by Gasteiger charge is 2.35. The number of furan rings is 1. The minimum atomic E-state index is -0.138. The molecule has 0 N–H and O–H groups in total. The molecule has 0 radical (unpaired) electrons. The predicted octanol–water partition coefficient (Wildman–Crippen LogP) is 12.8. The first-order chi connectivity index (χ1) is 27.3. The molecule has 1 unspecified atom stereocenters. The largest absolute Gasteiger partial charge is 0.485 e. The molecule has 0 spiro atoms. The molecule has 0 saturated carbocycles. The van der Waals surface area contributed by atoms with Crippen LogP contribution >= 0.6 is 0 Å². The second kappa shape index (κ2) is 11.6. The van der Waals surface area contributed by atoms with E-state index < -0.39 is 0 Å². The van der Waals surface area contributed by atoms with E-state index in [0.29, 0.717) is 12.3 Å². The number of ether oxygens (including phenoxy) is 1. The summed E-state index contributed by atoms with van der Waals surface area (Å²) in [5.74, 6) is 1.41. The van der Waals surface area contributed by atoms with Crippen molar-refractivity contribution in [2.45, 2.75) is 12.5 Å². The van der Waals surface area contributed by atoms with Crippen LogP contribution in [0.1, 0.15) is 12.0 Å². The number of aromatic nitrogens is 2. The van der Waals surface area contributed by atoms with Gasteiger partial charge in [-0.1, -0.05) is 91.0 Å². The number of allylic oxidation sites excluding steroid dienone is 1. The lowest BCUT2D eigenvalue weighted by atomic mass is 9.94. The Balaban J connectivity index is 1.11. The van der Waals surface area contributed by atoms with Crippen LogP contribution in [0.2, 0.25) is 0 Å². The topological polar surface area (TPSA) is 56.6 Å². The average Bonchev–Trinajstić information content (AvgIpc) is 4.02. The van der Waals surface area contributed by atoms with Crippen molar-refractivity contribution in [3.63, 3.8) is 0 Å². The third-order valence-electron chi connectivity index (χ3n) is 11.1. The van der Waals surface area contributed by atoms with Crippen molar-refractivity contribution in [3.05, 3.63) is 181 Å². The molecule has 7 aromatic carbocycles. The molecular formula is C49H31N3O3. The number of anilines is 2. The van der Waals surface area contributed by atoms with Crippen molar-refractivity contribution in [1.29, 1.82) is 0 Å². The Labute approximate surface area is 315 Å². The molecule has 12 rings (SSSR count). The molecule has 0 fully saturated rings. The Morgan fingerprint density at radius 3 is 2.29 bits per heavy atom. The first kappa shape index (κ1) is 30.2. The highest BCUT2D eigenvalue weighted by molar-refractivity contribution is 6.14. The van der Waals surface area contributed by atoms with Crippen molar-refractivity contribution in [1.82, 2.24) is 9.55 Å². The van der Waals surface area contributed by atoms with E-state index in [1.54, 1.807) is 0 Å². The van der Waals surface area contributed by atoms with Gasteiger partial charge in [0.15, 0.2) is 5.58 Å². The third kappa shape index (κ3) is 4.52. The molecular weight excluding hydrogens is 679 g/mol. The summed E-state index contributed by atoms with van der Waals surface area (Å²) in [5.41, 5.74) is 12.7. The minimum Gasteiger partial charge on any atom is -0.485 e. The zero-order chi connectivity index (χ0) is 36.0. The highest BCUT2D eigenvalue weighted by Crippen LogP contribution is 2.49. The number of hydrogen-bond acceptors (Lipinski definition) is 5. The van der Waals surface area contributed by atoms with Gasteiger partial charge in [0.2, 0.25) is 5.89 Å². The molecule has 0 bridgehead atoms. The van der Waals surface area contributed by atoms with E-state index in [2.05, 4.69) is 125 Å². The lowest BCUT2D eigenvalue weighted by molar-refractivity contribution is 0.278. The molecule has 55 heavy (non-hydrogen) atoms. The van der Waals surface area contributed by atoms with Crippen molar-refractivity contribution in [3.8, 4) is 22.9 Å². The van der Waals surface area contributed by atoms with Crippen LogP contribution in [0.3, 0.4) is 0 Å². The van der Waals surface area contributed by atoms with Crippen LogP contribution in [0.25, 0.3) is 77.6 Å². The Hall–Kier alpha value is -7.31. The van der Waals surface area contributed by atoms with E-state index >= 15 is 0 Å². The van der Waals surface area contributed by atoms with E-state index in [4.69, 9.17) is 18.6 Å². The third-order valence-corrected chi connectivity index (χ3v) is 11.1. The van der Waals surface area contributed by atoms with Crippen LogP contribution in [-0.2, 0) is 0 Å². The number of oxazole rings is 1. The number of hydrogen-bond donors (Lipinski definition) is 0. The highest BCUT2D eigenvalue weighted by atomic mass is 16.5. The van der Waals surface area contributed by atoms with Gasteiger partial charge in [-0.3, -0.25) is 0 Å². The molecule has 2 aliphatic rings. The summed E-state index contributed by atoms with van der Waals surface area (Å²) < 4.78 is 22.1. The Kier molecular flexibility index (Phi) is 6.36. The maximum atomic E-state index is 6.61. The summed E-state index contributed by atoms with van der Waals surface area (Å²) >= 11 is 0. The number of nitrogens with zero attached hydrogens (tertiary/aromatic N) is 3. The van der Waals surface area contributed by atoms with Gasteiger partial charge in [-0.15, -0.1) is 0 Å². The number of fused-ring (bicyclic) bond motifs is 11. The van der Waals surface area contributed by atoms with E-state index in [1.807, 2.05) is 54.6 Å². The maximum absolute atomic E-state index is 6.61. The molecule has 1 atom stereocenters. The summed E-state index contributed by atoms with van der Waals surface area (Å²) in [6, 6.07) is 54.8. The fraction of sp³-hybridized carbons (Fsp3) is 0.0408. The second-order valence-corrected chi connectivity index (χ2v) is 14.2. The van der Waals surface area contributed by atoms with Crippen molar-refractivity contribution >= 4 is 71.8 Å². The van der Waals surface area contributed by atoms with Gasteiger partial charge < -0.3 is 23.0 Å². The molecule has 6 nitrogen and oxygen atoms in total. The van der Waals surface area contributed by atoms with Gasteiger partial charge in [-0.25, -0.2) is 4.98 Å². The molecule has 260 valence electrons. The first-order valence-electron chi connectivity index (χ1n) is 18.6. The predicted molar refractivity (Wildman–Crippen MR) is 221 cm³/mol. The van der Waals surface area contributed by atoms with Crippen molar-refractivity contribution in [2.24, 2.45) is 0 Å². The van der Waals surface area contributed by atoms with E-state index in [9.17, 15) is 0 Å². The van der Waals surface area contributed by atoms with Gasteiger partial charge in [0, 0.05) is 62.2 Å². The fourth-order valence-corrected chi connectivity index (χ4v) is 8.68. The number of para-hydroxylation sites is 4. The second-order valence-electron chi connectivity index (χ2n) is 14.2. The maximum Gasteiger partial charge on any atom is 0.227 e. The summed E-state index contributed by atoms with van der Waals surface area (Å²) in [4.78, 5) is 7.28. The molecule has 6 heteroatoms. The Morgan fingerprint density at radius 1 is 0.636 bits per heavy atom. The lowest BCUT2D eigenvalue weighted by Gasteiger charge is -2.30. The van der Waals surface area contributed by atoms with Crippen LogP contribution in [0.4, 0.5) is 11.4 Å². The summed E-state index contributed by atoms with van der Waals surface area (Å²) in [7, 11) is 0. The zero-order valence-electron chi connectivity index (χ0n) is 29.5. The van der Waals surface area contributed by atoms with Crippen LogP contribution in [0, 0.1) is 0 Å². The lowest BCUT2D eigenvalue weighted by Crippen LogP contribution is -2.22. The Bertz CT molecular complexity index is 3220. The Morgan fingerprint density at radius 2 is 1.40 bits per heavy atom.